The highest BCUT2D eigenvalue weighted by molar-refractivity contribution is 7.86. The van der Waals surface area contributed by atoms with Gasteiger partial charge in [-0.25, -0.2) is 4.39 Å². The lowest BCUT2D eigenvalue weighted by Crippen LogP contribution is -2.01. The molecule has 0 aromatic heterocycles. The molecule has 0 spiro atoms. The fourth-order valence-electron chi connectivity index (χ4n) is 0.873. The van der Waals surface area contributed by atoms with E-state index < -0.39 is 20.9 Å². The van der Waals surface area contributed by atoms with E-state index >= 15 is 0 Å². The molecule has 0 aliphatic heterocycles. The van der Waals surface area contributed by atoms with Crippen molar-refractivity contribution in [3.63, 3.8) is 0 Å². The summed E-state index contributed by atoms with van der Waals surface area (Å²) in [6.45, 7) is -0.182. The van der Waals surface area contributed by atoms with Crippen LogP contribution in [0.2, 0.25) is 0 Å². The third-order valence-corrected chi connectivity index (χ3v) is 2.33. The molecule has 0 aliphatic rings. The summed E-state index contributed by atoms with van der Waals surface area (Å²) >= 11 is 0. The topological polar surface area (TPSA) is 52.6 Å². The Bertz CT molecular complexity index is 444. The zero-order valence-electron chi connectivity index (χ0n) is 7.74. The van der Waals surface area contributed by atoms with Crippen LogP contribution in [0.3, 0.4) is 0 Å². The first kappa shape index (κ1) is 11.9. The number of hydrogen-bond donors (Lipinski definition) is 0. The van der Waals surface area contributed by atoms with Gasteiger partial charge >= 0.3 is 10.2 Å². The van der Waals surface area contributed by atoms with Crippen LogP contribution >= 0.6 is 0 Å². The maximum atomic E-state index is 13.1. The van der Waals surface area contributed by atoms with E-state index in [0.717, 1.165) is 12.1 Å². The molecule has 0 aliphatic carbocycles. The molecule has 1 aromatic rings. The molecule has 0 bridgehead atoms. The zero-order valence-corrected chi connectivity index (χ0v) is 8.55. The van der Waals surface area contributed by atoms with E-state index in [-0.39, 0.29) is 12.5 Å². The maximum absolute atomic E-state index is 13.1. The van der Waals surface area contributed by atoms with Crippen molar-refractivity contribution in [2.45, 2.75) is 4.90 Å². The molecular formula is C8H8F2O4S. The van der Waals surface area contributed by atoms with Crippen LogP contribution in [0.4, 0.5) is 8.28 Å². The Hall–Kier alpha value is -1.21. The molecule has 1 aromatic carbocycles. The molecule has 4 nitrogen and oxygen atoms in total. The molecule has 0 fully saturated rings. The molecule has 0 heterocycles. The van der Waals surface area contributed by atoms with Crippen LogP contribution in [0.25, 0.3) is 0 Å². The number of ether oxygens (including phenoxy) is 2. The molecular weight excluding hydrogens is 230 g/mol. The highest BCUT2D eigenvalue weighted by atomic mass is 32.3. The normalized spacial score (nSPS) is 11.4. The van der Waals surface area contributed by atoms with Gasteiger partial charge in [0.25, 0.3) is 0 Å². The standard InChI is InChI=1S/C8H8F2O4S/c1-13-5-14-8-3-2-6(4-7(8)9)15(10,11)12/h2-4H,5H2,1H3. The Balaban J connectivity index is 2.99. The minimum atomic E-state index is -4.89. The van der Waals surface area contributed by atoms with Crippen LogP contribution in [0.1, 0.15) is 0 Å². The van der Waals surface area contributed by atoms with Crippen molar-refractivity contribution < 1.29 is 26.2 Å². The average molecular weight is 238 g/mol. The lowest BCUT2D eigenvalue weighted by Gasteiger charge is -2.05. The maximum Gasteiger partial charge on any atom is 0.332 e. The second-order valence-electron chi connectivity index (χ2n) is 2.58. The van der Waals surface area contributed by atoms with Gasteiger partial charge in [0.1, 0.15) is 4.90 Å². The lowest BCUT2D eigenvalue weighted by atomic mass is 10.3. The van der Waals surface area contributed by atoms with Crippen molar-refractivity contribution in [2.24, 2.45) is 0 Å². The van der Waals surface area contributed by atoms with Gasteiger partial charge in [-0.1, -0.05) is 0 Å². The molecule has 7 heteroatoms. The summed E-state index contributed by atoms with van der Waals surface area (Å²) in [6.07, 6.45) is 0. The fraction of sp³-hybridized carbons (Fsp3) is 0.250. The largest absolute Gasteiger partial charge is 0.464 e. The van der Waals surface area contributed by atoms with Gasteiger partial charge < -0.3 is 9.47 Å². The number of methoxy groups -OCH3 is 1. The first-order valence-corrected chi connectivity index (χ1v) is 5.19. The van der Waals surface area contributed by atoms with E-state index in [4.69, 9.17) is 4.74 Å². The molecule has 0 N–H and O–H groups in total. The van der Waals surface area contributed by atoms with Gasteiger partial charge in [0, 0.05) is 7.11 Å². The van der Waals surface area contributed by atoms with Gasteiger partial charge in [-0.05, 0) is 18.2 Å². The minimum absolute atomic E-state index is 0.182. The van der Waals surface area contributed by atoms with Crippen LogP contribution in [0.15, 0.2) is 23.1 Å². The zero-order chi connectivity index (χ0) is 11.5. The Morgan fingerprint density at radius 1 is 1.40 bits per heavy atom. The highest BCUT2D eigenvalue weighted by Gasteiger charge is 2.15. The first-order chi connectivity index (χ1) is 6.95. The number of halogens is 2. The van der Waals surface area contributed by atoms with Crippen molar-refractivity contribution in [3.8, 4) is 5.75 Å². The number of benzene rings is 1. The van der Waals surface area contributed by atoms with Gasteiger partial charge in [0.2, 0.25) is 0 Å². The summed E-state index contributed by atoms with van der Waals surface area (Å²) in [5.74, 6) is -1.17. The Labute approximate surface area is 85.6 Å². The molecule has 0 unspecified atom stereocenters. The van der Waals surface area contributed by atoms with E-state index in [2.05, 4.69) is 4.74 Å². The van der Waals surface area contributed by atoms with E-state index in [9.17, 15) is 16.7 Å². The lowest BCUT2D eigenvalue weighted by molar-refractivity contribution is 0.0482. The van der Waals surface area contributed by atoms with Crippen molar-refractivity contribution >= 4 is 10.2 Å². The van der Waals surface area contributed by atoms with Gasteiger partial charge in [-0.3, -0.25) is 0 Å². The smallest absolute Gasteiger partial charge is 0.332 e. The second-order valence-corrected chi connectivity index (χ2v) is 3.93. The van der Waals surface area contributed by atoms with Gasteiger partial charge in [0.15, 0.2) is 18.4 Å². The molecule has 1 rings (SSSR count). The summed E-state index contributed by atoms with van der Waals surface area (Å²) in [6, 6.07) is 2.46. The van der Waals surface area contributed by atoms with E-state index in [1.165, 1.54) is 7.11 Å². The fourth-order valence-corrected chi connectivity index (χ4v) is 1.35. The van der Waals surface area contributed by atoms with Gasteiger partial charge in [-0.15, -0.1) is 3.89 Å². The Morgan fingerprint density at radius 2 is 2.07 bits per heavy atom. The van der Waals surface area contributed by atoms with Crippen LogP contribution in [-0.2, 0) is 15.0 Å². The molecule has 84 valence electrons. The summed E-state index contributed by atoms with van der Waals surface area (Å²) in [4.78, 5) is -0.746. The van der Waals surface area contributed by atoms with Gasteiger partial charge in [-0.2, -0.15) is 8.42 Å². The van der Waals surface area contributed by atoms with Crippen molar-refractivity contribution in [1.82, 2.24) is 0 Å². The molecule has 0 saturated heterocycles. The van der Waals surface area contributed by atoms with Crippen molar-refractivity contribution in [1.29, 1.82) is 0 Å². The molecule has 0 saturated carbocycles. The summed E-state index contributed by atoms with van der Waals surface area (Å²) in [5.41, 5.74) is 0. The first-order valence-electron chi connectivity index (χ1n) is 3.81. The Kier molecular flexibility index (Phi) is 3.59. The Morgan fingerprint density at radius 3 is 2.53 bits per heavy atom. The van der Waals surface area contributed by atoms with Crippen molar-refractivity contribution in [3.05, 3.63) is 24.0 Å². The minimum Gasteiger partial charge on any atom is -0.464 e. The van der Waals surface area contributed by atoms with E-state index in [0.29, 0.717) is 6.07 Å². The summed E-state index contributed by atoms with van der Waals surface area (Å²) in [5, 5.41) is 0. The van der Waals surface area contributed by atoms with E-state index in [1.54, 1.807) is 0 Å². The SMILES string of the molecule is COCOc1ccc(S(=O)(=O)F)cc1F. The van der Waals surface area contributed by atoms with Crippen molar-refractivity contribution in [2.75, 3.05) is 13.9 Å². The predicted molar refractivity (Wildman–Crippen MR) is 47.2 cm³/mol. The number of rotatable bonds is 4. The monoisotopic (exact) mass is 238 g/mol. The third-order valence-electron chi connectivity index (χ3n) is 1.52. The van der Waals surface area contributed by atoms with Crippen LogP contribution in [0.5, 0.6) is 5.75 Å². The predicted octanol–water partition coefficient (Wildman–Crippen LogP) is 1.47. The highest BCUT2D eigenvalue weighted by Crippen LogP contribution is 2.21. The summed E-state index contributed by atoms with van der Waals surface area (Å²) < 4.78 is 55.6. The summed E-state index contributed by atoms with van der Waals surface area (Å²) in [7, 11) is -3.54. The molecule has 0 radical (unpaired) electrons. The molecule has 0 amide bonds. The molecule has 0 atom stereocenters. The quantitative estimate of drug-likeness (QED) is 0.588. The number of hydrogen-bond acceptors (Lipinski definition) is 4. The third kappa shape index (κ3) is 3.14. The second kappa shape index (κ2) is 4.54. The average Bonchev–Trinajstić information content (AvgIpc) is 2.14. The van der Waals surface area contributed by atoms with Crippen LogP contribution in [-0.4, -0.2) is 22.3 Å². The van der Waals surface area contributed by atoms with Crippen LogP contribution in [0, 0.1) is 5.82 Å². The molecule has 15 heavy (non-hydrogen) atoms. The van der Waals surface area contributed by atoms with E-state index in [1.807, 2.05) is 0 Å². The van der Waals surface area contributed by atoms with Gasteiger partial charge in [0.05, 0.1) is 0 Å². The van der Waals surface area contributed by atoms with Crippen LogP contribution < -0.4 is 4.74 Å².